The minimum absolute atomic E-state index is 0. The van der Waals surface area contributed by atoms with Crippen LogP contribution in [0.25, 0.3) is 0 Å². The average molecular weight is 452 g/mol. The normalized spacial score (nSPS) is 10.6. The Labute approximate surface area is 165 Å². The van der Waals surface area contributed by atoms with E-state index in [2.05, 4.69) is 27.8 Å². The highest BCUT2D eigenvalue weighted by Gasteiger charge is 2.05. The largest absolute Gasteiger partial charge is 0.357 e. The Morgan fingerprint density at radius 2 is 1.88 bits per heavy atom. The number of halogens is 2. The average Bonchev–Trinajstić information content (AvgIpc) is 2.59. The molecule has 0 saturated heterocycles. The van der Waals surface area contributed by atoms with Gasteiger partial charge in [-0.25, -0.2) is 9.38 Å². The maximum absolute atomic E-state index is 13.9. The fourth-order valence-electron chi connectivity index (χ4n) is 2.14. The molecule has 0 unspecified atom stereocenters. The molecule has 132 valence electrons. The van der Waals surface area contributed by atoms with Gasteiger partial charge in [-0.3, -0.25) is 0 Å². The predicted octanol–water partition coefficient (Wildman–Crippen LogP) is 3.88. The summed E-state index contributed by atoms with van der Waals surface area (Å²) in [4.78, 5) is 4.51. The summed E-state index contributed by atoms with van der Waals surface area (Å²) in [5.41, 5.74) is 3.14. The van der Waals surface area contributed by atoms with Gasteiger partial charge in [-0.1, -0.05) is 35.9 Å². The maximum atomic E-state index is 13.9. The smallest absolute Gasteiger partial charge is 0.191 e. The Kier molecular flexibility index (Phi) is 8.92. The zero-order valence-corrected chi connectivity index (χ0v) is 16.7. The summed E-state index contributed by atoms with van der Waals surface area (Å²) in [6.07, 6.45) is 0. The monoisotopic (exact) mass is 452 g/mol. The quantitative estimate of drug-likeness (QED) is 0.411. The van der Waals surface area contributed by atoms with Crippen molar-refractivity contribution < 1.29 is 4.39 Å². The molecule has 0 atom stereocenters. The number of rotatable bonds is 5. The van der Waals surface area contributed by atoms with Crippen LogP contribution in [0, 0.1) is 24.1 Å². The van der Waals surface area contributed by atoms with Crippen LogP contribution in [0.15, 0.2) is 47.5 Å². The lowest BCUT2D eigenvalue weighted by Crippen LogP contribution is -2.37. The molecule has 0 spiro atoms. The zero-order chi connectivity index (χ0) is 17.4. The second-order valence-corrected chi connectivity index (χ2v) is 5.45. The summed E-state index contributed by atoms with van der Waals surface area (Å²) in [5.74, 6) is 0.234. The van der Waals surface area contributed by atoms with Gasteiger partial charge in [0.15, 0.2) is 5.96 Å². The van der Waals surface area contributed by atoms with Gasteiger partial charge >= 0.3 is 0 Å². The molecule has 0 heterocycles. The van der Waals surface area contributed by atoms with Crippen LogP contribution in [0.1, 0.15) is 29.2 Å². The second kappa shape index (κ2) is 10.7. The fraction of sp³-hybridized carbons (Fsp3) is 0.263. The van der Waals surface area contributed by atoms with Gasteiger partial charge in [-0.15, -0.1) is 24.0 Å². The van der Waals surface area contributed by atoms with Gasteiger partial charge < -0.3 is 10.6 Å². The molecule has 2 rings (SSSR count). The van der Waals surface area contributed by atoms with E-state index in [1.807, 2.05) is 32.0 Å². The molecule has 2 N–H and O–H groups in total. The van der Waals surface area contributed by atoms with Crippen LogP contribution in [-0.2, 0) is 13.1 Å². The highest BCUT2D eigenvalue weighted by molar-refractivity contribution is 14.0. The number of nitrogens with one attached hydrogen (secondary N) is 2. The Hall–Kier alpha value is -2.14. The van der Waals surface area contributed by atoms with Crippen molar-refractivity contribution in [1.82, 2.24) is 10.6 Å². The Bertz CT molecular complexity index is 751. The molecule has 6 heteroatoms. The summed E-state index contributed by atoms with van der Waals surface area (Å²) in [6.45, 7) is 5.59. The molecule has 4 nitrogen and oxygen atoms in total. The molecule has 0 aliphatic carbocycles. The van der Waals surface area contributed by atoms with Crippen LogP contribution in [0.3, 0.4) is 0 Å². The van der Waals surface area contributed by atoms with Crippen molar-refractivity contribution in [1.29, 1.82) is 5.26 Å². The van der Waals surface area contributed by atoms with Crippen molar-refractivity contribution in [3.63, 3.8) is 0 Å². The Balaban J connectivity index is 0.00000312. The first kappa shape index (κ1) is 20.9. The summed E-state index contributed by atoms with van der Waals surface area (Å²) in [5, 5.41) is 15.0. The van der Waals surface area contributed by atoms with Gasteiger partial charge in [0.2, 0.25) is 0 Å². The summed E-state index contributed by atoms with van der Waals surface area (Å²) in [7, 11) is 0. The SMILES string of the molecule is CCNC(=NCc1ccc(C)cc1)NCc1ccc(C#N)cc1F.I. The van der Waals surface area contributed by atoms with Crippen molar-refractivity contribution >= 4 is 29.9 Å². The molecule has 0 bridgehead atoms. The number of nitriles is 1. The van der Waals surface area contributed by atoms with Crippen LogP contribution in [-0.4, -0.2) is 12.5 Å². The number of guanidine groups is 1. The van der Waals surface area contributed by atoms with Crippen LogP contribution in [0.2, 0.25) is 0 Å². The van der Waals surface area contributed by atoms with Gasteiger partial charge in [0.1, 0.15) is 5.82 Å². The number of hydrogen-bond acceptors (Lipinski definition) is 2. The first-order chi connectivity index (χ1) is 11.6. The summed E-state index contributed by atoms with van der Waals surface area (Å²) >= 11 is 0. The van der Waals surface area contributed by atoms with E-state index in [1.165, 1.54) is 11.6 Å². The fourth-order valence-corrected chi connectivity index (χ4v) is 2.14. The van der Waals surface area contributed by atoms with Crippen molar-refractivity contribution in [2.45, 2.75) is 26.9 Å². The molecule has 0 radical (unpaired) electrons. The van der Waals surface area contributed by atoms with Gasteiger partial charge in [0.25, 0.3) is 0 Å². The van der Waals surface area contributed by atoms with Crippen LogP contribution in [0.5, 0.6) is 0 Å². The molecular weight excluding hydrogens is 430 g/mol. The highest BCUT2D eigenvalue weighted by Crippen LogP contribution is 2.09. The molecule has 0 aliphatic heterocycles. The Morgan fingerprint density at radius 1 is 1.16 bits per heavy atom. The van der Waals surface area contributed by atoms with E-state index in [9.17, 15) is 4.39 Å². The molecule has 0 saturated carbocycles. The number of nitrogens with zero attached hydrogens (tertiary/aromatic N) is 2. The standard InChI is InChI=1S/C19H21FN4.HI/c1-3-22-19(23-12-15-6-4-14(2)5-7-15)24-13-17-9-8-16(11-21)10-18(17)20;/h4-10H,3,12-13H2,1-2H3,(H2,22,23,24);1H. The third kappa shape index (κ3) is 6.70. The van der Waals surface area contributed by atoms with E-state index < -0.39 is 5.82 Å². The van der Waals surface area contributed by atoms with Gasteiger partial charge in [0.05, 0.1) is 18.2 Å². The molecule has 2 aromatic carbocycles. The van der Waals surface area contributed by atoms with Crippen molar-refractivity contribution in [2.24, 2.45) is 4.99 Å². The minimum atomic E-state index is -0.393. The van der Waals surface area contributed by atoms with E-state index in [0.29, 0.717) is 30.2 Å². The lowest BCUT2D eigenvalue weighted by Gasteiger charge is -2.12. The molecule has 25 heavy (non-hydrogen) atoms. The number of hydrogen-bond donors (Lipinski definition) is 2. The molecule has 0 aliphatic rings. The van der Waals surface area contributed by atoms with E-state index in [0.717, 1.165) is 12.1 Å². The summed E-state index contributed by atoms with van der Waals surface area (Å²) in [6, 6.07) is 14.6. The molecule has 0 fully saturated rings. The topological polar surface area (TPSA) is 60.2 Å². The lowest BCUT2D eigenvalue weighted by atomic mass is 10.1. The van der Waals surface area contributed by atoms with Crippen LogP contribution < -0.4 is 10.6 Å². The van der Waals surface area contributed by atoms with Gasteiger partial charge in [0, 0.05) is 18.7 Å². The van der Waals surface area contributed by atoms with Crippen molar-refractivity contribution in [3.8, 4) is 6.07 Å². The first-order valence-electron chi connectivity index (χ1n) is 7.88. The van der Waals surface area contributed by atoms with Gasteiger partial charge in [-0.2, -0.15) is 5.26 Å². The molecule has 0 amide bonds. The highest BCUT2D eigenvalue weighted by atomic mass is 127. The first-order valence-corrected chi connectivity index (χ1v) is 7.88. The van der Waals surface area contributed by atoms with E-state index >= 15 is 0 Å². The summed E-state index contributed by atoms with van der Waals surface area (Å²) < 4.78 is 13.9. The van der Waals surface area contributed by atoms with Crippen molar-refractivity contribution in [2.75, 3.05) is 6.54 Å². The molecule has 0 aromatic heterocycles. The molecular formula is C19H22FIN4. The number of aliphatic imine (C=N–C) groups is 1. The zero-order valence-electron chi connectivity index (χ0n) is 14.3. The van der Waals surface area contributed by atoms with Crippen molar-refractivity contribution in [3.05, 3.63) is 70.5 Å². The number of benzene rings is 2. The molecule has 2 aromatic rings. The Morgan fingerprint density at radius 3 is 2.48 bits per heavy atom. The number of aryl methyl sites for hydroxylation is 1. The third-order valence-corrected chi connectivity index (χ3v) is 3.51. The van der Waals surface area contributed by atoms with Gasteiger partial charge in [-0.05, 0) is 31.5 Å². The maximum Gasteiger partial charge on any atom is 0.191 e. The van der Waals surface area contributed by atoms with Crippen LogP contribution >= 0.6 is 24.0 Å². The van der Waals surface area contributed by atoms with E-state index in [-0.39, 0.29) is 24.0 Å². The van der Waals surface area contributed by atoms with Crippen LogP contribution in [0.4, 0.5) is 4.39 Å². The third-order valence-electron chi connectivity index (χ3n) is 3.51. The van der Waals surface area contributed by atoms with E-state index in [4.69, 9.17) is 5.26 Å². The predicted molar refractivity (Wildman–Crippen MR) is 109 cm³/mol. The van der Waals surface area contributed by atoms with E-state index in [1.54, 1.807) is 12.1 Å². The second-order valence-electron chi connectivity index (χ2n) is 5.45. The minimum Gasteiger partial charge on any atom is -0.357 e. The lowest BCUT2D eigenvalue weighted by molar-refractivity contribution is 0.604.